The molecule has 0 fully saturated rings. The zero-order valence-corrected chi connectivity index (χ0v) is 7.58. The van der Waals surface area contributed by atoms with Crippen LogP contribution in [0.3, 0.4) is 0 Å². The van der Waals surface area contributed by atoms with Gasteiger partial charge in [0.2, 0.25) is 0 Å². The molecule has 0 saturated carbocycles. The molecule has 0 spiro atoms. The number of rotatable bonds is 1. The summed E-state index contributed by atoms with van der Waals surface area (Å²) >= 11 is 0.156. The highest BCUT2D eigenvalue weighted by Gasteiger charge is 1.87. The van der Waals surface area contributed by atoms with Gasteiger partial charge in [-0.2, -0.15) is 0 Å². The Balaban J connectivity index is 2.58. The van der Waals surface area contributed by atoms with Gasteiger partial charge < -0.3 is 3.11 Å². The van der Waals surface area contributed by atoms with E-state index in [1.165, 1.54) is 0 Å². The maximum Gasteiger partial charge on any atom is 0.0243 e. The lowest BCUT2D eigenvalue weighted by molar-refractivity contribution is 0.708. The summed E-state index contributed by atoms with van der Waals surface area (Å²) in [4.78, 5) is 0. The molecule has 0 radical (unpaired) electrons. The van der Waals surface area contributed by atoms with E-state index in [-0.39, 0.29) is 21.0 Å². The lowest BCUT2D eigenvalue weighted by Gasteiger charge is -2.07. The Hall–Kier alpha value is -0.120. The predicted octanol–water partition coefficient (Wildman–Crippen LogP) is 2.08. The number of hydrogen-bond donors (Lipinski definition) is 0. The molecule has 9 heavy (non-hydrogen) atoms. The average molecular weight is 235 g/mol. The molecular weight excluding hydrogens is 225 g/mol. The molecule has 1 aliphatic rings. The van der Waals surface area contributed by atoms with Crippen LogP contribution < -0.4 is 0 Å². The van der Waals surface area contributed by atoms with Gasteiger partial charge in [-0.3, -0.25) is 0 Å². The van der Waals surface area contributed by atoms with Gasteiger partial charge in [0, 0.05) is 12.7 Å². The number of hydrogen-bond acceptors (Lipinski definition) is 1. The van der Waals surface area contributed by atoms with E-state index in [1.807, 2.05) is 0 Å². The number of allylic oxidation sites excluding steroid dienone is 3. The second-order valence-electron chi connectivity index (χ2n) is 1.67. The van der Waals surface area contributed by atoms with Crippen molar-refractivity contribution >= 4 is 25.0 Å². The summed E-state index contributed by atoms with van der Waals surface area (Å²) in [5.41, 5.74) is 0. The first-order chi connectivity index (χ1) is 4.43. The van der Waals surface area contributed by atoms with E-state index >= 15 is 0 Å². The lowest BCUT2D eigenvalue weighted by Crippen LogP contribution is -2.00. The van der Waals surface area contributed by atoms with Crippen molar-refractivity contribution in [3.8, 4) is 0 Å². The third kappa shape index (κ3) is 2.30. The van der Waals surface area contributed by atoms with Gasteiger partial charge >= 0.3 is 0 Å². The van der Waals surface area contributed by atoms with Crippen LogP contribution in [-0.2, 0) is 0 Å². The minimum Gasteiger partial charge on any atom is -0.327 e. The summed E-state index contributed by atoms with van der Waals surface area (Å²) in [6.45, 7) is 3.32. The third-order valence-electron chi connectivity index (χ3n) is 1.03. The van der Waals surface area contributed by atoms with Gasteiger partial charge in [-0.1, -0.05) is 12.2 Å². The van der Waals surface area contributed by atoms with Crippen molar-refractivity contribution < 1.29 is 0 Å². The van der Waals surface area contributed by atoms with Crippen molar-refractivity contribution in [2.24, 2.45) is 0 Å². The summed E-state index contributed by atoms with van der Waals surface area (Å²) in [7, 11) is 0. The average Bonchev–Trinajstić information content (AvgIpc) is 2.13. The van der Waals surface area contributed by atoms with Crippen molar-refractivity contribution in [3.63, 3.8) is 0 Å². The second-order valence-corrected chi connectivity index (χ2v) is 4.18. The highest BCUT2D eigenvalue weighted by molar-refractivity contribution is 14.2. The molecule has 0 atom stereocenters. The largest absolute Gasteiger partial charge is 0.327 e. The molecule has 0 unspecified atom stereocenters. The van der Waals surface area contributed by atoms with E-state index in [0.29, 0.717) is 0 Å². The molecule has 0 saturated heterocycles. The van der Waals surface area contributed by atoms with Gasteiger partial charge in [-0.15, -0.1) is 0 Å². The van der Waals surface area contributed by atoms with Crippen LogP contribution in [0.4, 0.5) is 0 Å². The zero-order chi connectivity index (χ0) is 6.53. The van der Waals surface area contributed by atoms with Crippen LogP contribution >= 0.6 is 21.0 Å². The molecule has 0 N–H and O–H groups in total. The first-order valence-corrected chi connectivity index (χ1v) is 5.21. The molecule has 0 aliphatic carbocycles. The standard InChI is InChI=1S/C7H10IN/c1-2-9-7-5-3-4-6-8-9/h3-7H,2H2,1H3. The van der Waals surface area contributed by atoms with Crippen molar-refractivity contribution in [2.75, 3.05) is 6.54 Å². The zero-order valence-electron chi connectivity index (χ0n) is 5.42. The monoisotopic (exact) mass is 235 g/mol. The summed E-state index contributed by atoms with van der Waals surface area (Å²) < 4.78 is 4.63. The minimum absolute atomic E-state index is 0.156. The SMILES string of the molecule is CCN1C=CC=CC=I1. The molecule has 0 aromatic rings. The molecule has 1 aliphatic heterocycles. The van der Waals surface area contributed by atoms with Crippen LogP contribution in [0.25, 0.3) is 0 Å². The Labute approximate surface area is 66.2 Å². The molecule has 2 heteroatoms. The van der Waals surface area contributed by atoms with Gasteiger partial charge in [0.15, 0.2) is 0 Å². The van der Waals surface area contributed by atoms with E-state index in [9.17, 15) is 0 Å². The van der Waals surface area contributed by atoms with Crippen LogP contribution in [0.1, 0.15) is 6.92 Å². The molecule has 0 aromatic carbocycles. The summed E-state index contributed by atoms with van der Waals surface area (Å²) in [6, 6.07) is 0. The van der Waals surface area contributed by atoms with Gasteiger partial charge in [-0.25, -0.2) is 0 Å². The maximum atomic E-state index is 2.36. The normalized spacial score (nSPS) is 17.2. The Kier molecular flexibility index (Phi) is 2.97. The Bertz CT molecular complexity index is 142. The van der Waals surface area contributed by atoms with Crippen molar-refractivity contribution in [2.45, 2.75) is 6.92 Å². The molecule has 1 nitrogen and oxygen atoms in total. The summed E-state index contributed by atoms with van der Waals surface area (Å²) in [5.74, 6) is 0. The van der Waals surface area contributed by atoms with Crippen LogP contribution in [0.15, 0.2) is 24.4 Å². The number of nitrogens with zero attached hydrogens (tertiary/aromatic N) is 1. The molecule has 0 bridgehead atoms. The highest BCUT2D eigenvalue weighted by atomic mass is 127. The quantitative estimate of drug-likeness (QED) is 0.496. The molecule has 50 valence electrons. The molecule has 0 amide bonds. The minimum atomic E-state index is 0.156. The molecular formula is C7H10IN. The fourth-order valence-electron chi connectivity index (χ4n) is 0.561. The predicted molar refractivity (Wildman–Crippen MR) is 50.7 cm³/mol. The Morgan fingerprint density at radius 1 is 1.33 bits per heavy atom. The van der Waals surface area contributed by atoms with Gasteiger partial charge in [-0.05, 0) is 38.0 Å². The van der Waals surface area contributed by atoms with Crippen LogP contribution in [0.5, 0.6) is 0 Å². The van der Waals surface area contributed by atoms with Crippen molar-refractivity contribution in [1.82, 2.24) is 3.11 Å². The van der Waals surface area contributed by atoms with Gasteiger partial charge in [0.05, 0.1) is 0 Å². The fourth-order valence-corrected chi connectivity index (χ4v) is 2.16. The number of halogens is 1. The van der Waals surface area contributed by atoms with E-state index in [4.69, 9.17) is 0 Å². The van der Waals surface area contributed by atoms with E-state index < -0.39 is 0 Å². The summed E-state index contributed by atoms with van der Waals surface area (Å²) in [5, 5.41) is 0. The van der Waals surface area contributed by atoms with Crippen molar-refractivity contribution in [1.29, 1.82) is 0 Å². The highest BCUT2D eigenvalue weighted by Crippen LogP contribution is 2.08. The Morgan fingerprint density at radius 2 is 2.22 bits per heavy atom. The first-order valence-electron chi connectivity index (χ1n) is 3.00. The Morgan fingerprint density at radius 3 is 3.00 bits per heavy atom. The molecule has 0 aromatic heterocycles. The topological polar surface area (TPSA) is 3.24 Å². The maximum absolute atomic E-state index is 2.36. The van der Waals surface area contributed by atoms with E-state index in [1.54, 1.807) is 0 Å². The summed E-state index contributed by atoms with van der Waals surface area (Å²) in [6.07, 6.45) is 8.45. The fraction of sp³-hybridized carbons (Fsp3) is 0.286. The lowest BCUT2D eigenvalue weighted by atomic mass is 10.5. The smallest absolute Gasteiger partial charge is 0.0243 e. The van der Waals surface area contributed by atoms with Crippen LogP contribution in [0, 0.1) is 0 Å². The third-order valence-corrected chi connectivity index (χ3v) is 3.48. The van der Waals surface area contributed by atoms with Crippen molar-refractivity contribution in [3.05, 3.63) is 24.4 Å². The molecule has 1 rings (SSSR count). The van der Waals surface area contributed by atoms with E-state index in [2.05, 4.69) is 38.5 Å². The van der Waals surface area contributed by atoms with Gasteiger partial charge in [0.1, 0.15) is 0 Å². The second kappa shape index (κ2) is 3.82. The van der Waals surface area contributed by atoms with Crippen LogP contribution in [-0.4, -0.2) is 13.7 Å². The first kappa shape index (κ1) is 6.99. The molecule has 1 heterocycles. The van der Waals surface area contributed by atoms with E-state index in [0.717, 1.165) is 6.54 Å². The van der Waals surface area contributed by atoms with Gasteiger partial charge in [0.25, 0.3) is 0 Å². The van der Waals surface area contributed by atoms with Crippen LogP contribution in [0.2, 0.25) is 0 Å².